The molecule has 1 aliphatic heterocycles. The molecule has 1 amide bonds. The number of benzene rings is 2. The summed E-state index contributed by atoms with van der Waals surface area (Å²) in [5.74, 6) is -0.228. The van der Waals surface area contributed by atoms with E-state index < -0.39 is 18.0 Å². The van der Waals surface area contributed by atoms with Crippen molar-refractivity contribution >= 4 is 59.9 Å². The lowest BCUT2D eigenvalue weighted by Crippen LogP contribution is -2.53. The number of aliphatic hydroxyl groups is 1. The van der Waals surface area contributed by atoms with Crippen LogP contribution in [0.5, 0.6) is 11.6 Å². The number of hydrogen-bond donors (Lipinski definition) is 3. The number of halogens is 2. The Kier molecular flexibility index (Phi) is 5.25. The topological polar surface area (TPSA) is 144 Å². The van der Waals surface area contributed by atoms with E-state index in [4.69, 9.17) is 10.00 Å². The molecule has 0 saturated carbocycles. The number of aliphatic hydroxyl groups excluding tert-OH is 1. The standard InChI is InChI=1S/C18H10Br2N6O4/c19-11-5-8(26-18(29)22-16(28)13(7-21)25-26)6-12(20)14(11)30-17-10-4-2-1-3-9(10)15(27)23-24-17/h1-6,18,29H,(H,22,28)(H,23,27). The summed E-state index contributed by atoms with van der Waals surface area (Å²) in [5, 5.41) is 33.6. The number of hydrogen-bond acceptors (Lipinski definition) is 8. The normalized spacial score (nSPS) is 16.1. The van der Waals surface area contributed by atoms with Crippen LogP contribution >= 0.6 is 31.9 Å². The minimum absolute atomic E-state index is 0.189. The van der Waals surface area contributed by atoms with Gasteiger partial charge in [0.2, 0.25) is 17.9 Å². The van der Waals surface area contributed by atoms with Crippen molar-refractivity contribution in [2.75, 3.05) is 5.01 Å². The van der Waals surface area contributed by atoms with Gasteiger partial charge in [-0.3, -0.25) is 9.59 Å². The fourth-order valence-corrected chi connectivity index (χ4v) is 4.09. The molecule has 3 N–H and O–H groups in total. The van der Waals surface area contributed by atoms with Crippen LogP contribution in [0.15, 0.2) is 55.2 Å². The monoisotopic (exact) mass is 532 g/mol. The van der Waals surface area contributed by atoms with Gasteiger partial charge < -0.3 is 15.2 Å². The highest BCUT2D eigenvalue weighted by Gasteiger charge is 2.29. The van der Waals surface area contributed by atoms with E-state index in [2.05, 4.69) is 52.5 Å². The van der Waals surface area contributed by atoms with E-state index in [1.807, 2.05) is 0 Å². The molecule has 0 radical (unpaired) electrons. The lowest BCUT2D eigenvalue weighted by Gasteiger charge is -2.29. The summed E-state index contributed by atoms with van der Waals surface area (Å²) < 4.78 is 6.84. The maximum Gasteiger partial charge on any atom is 0.286 e. The van der Waals surface area contributed by atoms with Gasteiger partial charge >= 0.3 is 0 Å². The van der Waals surface area contributed by atoms with Gasteiger partial charge in [0.25, 0.3) is 11.5 Å². The number of nitrogens with zero attached hydrogens (tertiary/aromatic N) is 4. The summed E-state index contributed by atoms with van der Waals surface area (Å²) in [6.45, 7) is 0. The maximum atomic E-state index is 12.0. The van der Waals surface area contributed by atoms with Crippen LogP contribution < -0.4 is 20.6 Å². The van der Waals surface area contributed by atoms with Gasteiger partial charge in [0.05, 0.1) is 25.4 Å². The number of nitrogens with one attached hydrogen (secondary N) is 2. The Morgan fingerprint density at radius 3 is 2.50 bits per heavy atom. The van der Waals surface area contributed by atoms with Crippen molar-refractivity contribution in [1.29, 1.82) is 5.26 Å². The highest BCUT2D eigenvalue weighted by Crippen LogP contribution is 2.41. The quantitative estimate of drug-likeness (QED) is 0.468. The number of fused-ring (bicyclic) bond motifs is 1. The molecule has 0 fully saturated rings. The molecule has 1 unspecified atom stereocenters. The Morgan fingerprint density at radius 2 is 1.83 bits per heavy atom. The third-order valence-electron chi connectivity index (χ3n) is 4.13. The Bertz CT molecular complexity index is 1290. The number of ether oxygens (including phenoxy) is 1. The summed E-state index contributed by atoms with van der Waals surface area (Å²) >= 11 is 6.80. The molecule has 1 aliphatic rings. The predicted octanol–water partition coefficient (Wildman–Crippen LogP) is 2.33. The largest absolute Gasteiger partial charge is 0.435 e. The molecule has 12 heteroatoms. The van der Waals surface area contributed by atoms with Gasteiger partial charge in [-0.05, 0) is 56.1 Å². The number of anilines is 1. The number of H-pyrrole nitrogens is 1. The summed E-state index contributed by atoms with van der Waals surface area (Å²) in [7, 11) is 0. The van der Waals surface area contributed by atoms with Gasteiger partial charge in [-0.2, -0.15) is 10.4 Å². The number of carbonyl (C=O) groups excluding carboxylic acids is 1. The molecule has 1 aromatic heterocycles. The van der Waals surface area contributed by atoms with Gasteiger partial charge in [-0.1, -0.05) is 12.1 Å². The third-order valence-corrected chi connectivity index (χ3v) is 5.31. The minimum atomic E-state index is -1.45. The van der Waals surface area contributed by atoms with Crippen molar-refractivity contribution in [3.63, 3.8) is 0 Å². The van der Waals surface area contributed by atoms with E-state index in [1.165, 1.54) is 0 Å². The number of hydrazone groups is 1. The zero-order valence-corrected chi connectivity index (χ0v) is 17.9. The number of nitriles is 1. The molecule has 2 heterocycles. The zero-order chi connectivity index (χ0) is 21.4. The van der Waals surface area contributed by atoms with E-state index >= 15 is 0 Å². The highest BCUT2D eigenvalue weighted by atomic mass is 79.9. The van der Waals surface area contributed by atoms with Crippen molar-refractivity contribution in [2.45, 2.75) is 6.35 Å². The van der Waals surface area contributed by atoms with Gasteiger partial charge in [0.1, 0.15) is 6.07 Å². The first-order chi connectivity index (χ1) is 14.4. The van der Waals surface area contributed by atoms with Crippen molar-refractivity contribution in [2.24, 2.45) is 5.10 Å². The molecule has 10 nitrogen and oxygen atoms in total. The zero-order valence-electron chi connectivity index (χ0n) is 14.8. The first kappa shape index (κ1) is 20.0. The van der Waals surface area contributed by atoms with Crippen LogP contribution in [0, 0.1) is 11.3 Å². The van der Waals surface area contributed by atoms with Crippen molar-refractivity contribution in [3.05, 3.63) is 55.7 Å². The number of aromatic amines is 1. The van der Waals surface area contributed by atoms with Gasteiger partial charge in [0, 0.05) is 0 Å². The van der Waals surface area contributed by atoms with Crippen LogP contribution in [0.25, 0.3) is 10.8 Å². The molecule has 4 rings (SSSR count). The van der Waals surface area contributed by atoms with E-state index in [1.54, 1.807) is 42.5 Å². The molecule has 0 aliphatic carbocycles. The van der Waals surface area contributed by atoms with Crippen LogP contribution in [-0.4, -0.2) is 33.3 Å². The molecule has 0 saturated heterocycles. The van der Waals surface area contributed by atoms with Crippen LogP contribution in [0.4, 0.5) is 5.69 Å². The molecular formula is C18H10Br2N6O4. The van der Waals surface area contributed by atoms with Crippen LogP contribution in [-0.2, 0) is 4.79 Å². The lowest BCUT2D eigenvalue weighted by atomic mass is 10.2. The highest BCUT2D eigenvalue weighted by molar-refractivity contribution is 9.11. The molecule has 0 spiro atoms. The molecule has 1 atom stereocenters. The van der Waals surface area contributed by atoms with Crippen LogP contribution in [0.3, 0.4) is 0 Å². The molecule has 30 heavy (non-hydrogen) atoms. The number of aromatic nitrogens is 2. The van der Waals surface area contributed by atoms with Crippen molar-refractivity contribution in [3.8, 4) is 17.7 Å². The fraction of sp³-hybridized carbons (Fsp3) is 0.0556. The van der Waals surface area contributed by atoms with Gasteiger partial charge in [-0.25, -0.2) is 10.1 Å². The smallest absolute Gasteiger partial charge is 0.286 e. The number of rotatable bonds is 3. The van der Waals surface area contributed by atoms with E-state index in [9.17, 15) is 14.7 Å². The number of amides is 1. The number of carbonyl (C=O) groups is 1. The average Bonchev–Trinajstić information content (AvgIpc) is 2.72. The van der Waals surface area contributed by atoms with Crippen molar-refractivity contribution in [1.82, 2.24) is 15.5 Å². The minimum Gasteiger partial charge on any atom is -0.435 e. The van der Waals surface area contributed by atoms with Crippen LogP contribution in [0.2, 0.25) is 0 Å². The van der Waals surface area contributed by atoms with E-state index in [0.29, 0.717) is 31.2 Å². The van der Waals surface area contributed by atoms with Gasteiger partial charge in [-0.15, -0.1) is 5.10 Å². The molecule has 150 valence electrons. The first-order valence-electron chi connectivity index (χ1n) is 8.30. The molecular weight excluding hydrogens is 524 g/mol. The molecule has 2 aromatic carbocycles. The second-order valence-electron chi connectivity index (χ2n) is 6.00. The Hall–Kier alpha value is -3.27. The lowest BCUT2D eigenvalue weighted by molar-refractivity contribution is -0.118. The summed E-state index contributed by atoms with van der Waals surface area (Å²) in [5.41, 5.74) is -0.365. The summed E-state index contributed by atoms with van der Waals surface area (Å²) in [6.07, 6.45) is -1.45. The summed E-state index contributed by atoms with van der Waals surface area (Å²) in [6, 6.07) is 11.7. The first-order valence-corrected chi connectivity index (χ1v) is 9.89. The second-order valence-corrected chi connectivity index (χ2v) is 7.70. The van der Waals surface area contributed by atoms with Gasteiger partial charge in [0.15, 0.2) is 5.75 Å². The fourth-order valence-electron chi connectivity index (χ4n) is 2.77. The Labute approximate surface area is 185 Å². The third kappa shape index (κ3) is 3.54. The van der Waals surface area contributed by atoms with Crippen molar-refractivity contribution < 1.29 is 14.6 Å². The molecule has 0 bridgehead atoms. The average molecular weight is 534 g/mol. The molecule has 3 aromatic rings. The predicted molar refractivity (Wildman–Crippen MR) is 114 cm³/mol. The Morgan fingerprint density at radius 1 is 1.17 bits per heavy atom. The SMILES string of the molecule is N#CC1=NN(c2cc(Br)c(Oc3n[nH]c(=O)c4ccccc34)c(Br)c2)C(O)NC1=O. The van der Waals surface area contributed by atoms with Crippen LogP contribution in [0.1, 0.15) is 0 Å². The second kappa shape index (κ2) is 7.86. The Balaban J connectivity index is 1.74. The van der Waals surface area contributed by atoms with E-state index in [0.717, 1.165) is 5.01 Å². The van der Waals surface area contributed by atoms with E-state index in [-0.39, 0.29) is 11.4 Å². The summed E-state index contributed by atoms with van der Waals surface area (Å²) in [4.78, 5) is 23.6. The maximum absolute atomic E-state index is 12.0.